The van der Waals surface area contributed by atoms with Crippen LogP contribution in [0.3, 0.4) is 0 Å². The molecule has 3 rings (SSSR count). The van der Waals surface area contributed by atoms with E-state index in [9.17, 15) is 5.11 Å². The molecule has 0 fully saturated rings. The number of H-pyrrole nitrogens is 1. The van der Waals surface area contributed by atoms with Gasteiger partial charge in [-0.1, -0.05) is 59.8 Å². The summed E-state index contributed by atoms with van der Waals surface area (Å²) in [6.07, 6.45) is 7.88. The van der Waals surface area contributed by atoms with Crippen molar-refractivity contribution in [3.05, 3.63) is 66.0 Å². The fraction of sp³-hybridized carbons (Fsp3) is 0.214. The minimum Gasteiger partial charge on any atom is -0.395 e. The van der Waals surface area contributed by atoms with Gasteiger partial charge in [-0.05, 0) is 5.56 Å². The van der Waals surface area contributed by atoms with E-state index in [1.54, 1.807) is 0 Å². The molecule has 1 aromatic heterocycles. The summed E-state index contributed by atoms with van der Waals surface area (Å²) in [5.74, 6) is 0.491. The van der Waals surface area contributed by atoms with Gasteiger partial charge in [-0.3, -0.25) is 0 Å². The van der Waals surface area contributed by atoms with Gasteiger partial charge in [0.05, 0.1) is 12.0 Å². The van der Waals surface area contributed by atoms with Crippen molar-refractivity contribution in [2.75, 3.05) is 6.61 Å². The smallest absolute Gasteiger partial charge is 0.187 e. The van der Waals surface area contributed by atoms with Crippen molar-refractivity contribution in [1.82, 2.24) is 20.6 Å². The number of nitrogens with one attached hydrogen (secondary N) is 1. The van der Waals surface area contributed by atoms with Crippen molar-refractivity contribution in [3.63, 3.8) is 0 Å². The number of hydrogen-bond donors (Lipinski definition) is 2. The Morgan fingerprint density at radius 1 is 1.21 bits per heavy atom. The van der Waals surface area contributed by atoms with Crippen LogP contribution in [-0.4, -0.2) is 32.3 Å². The first-order valence-electron chi connectivity index (χ1n) is 6.12. The Kier molecular flexibility index (Phi) is 2.97. The molecule has 5 heteroatoms. The topological polar surface area (TPSA) is 74.7 Å². The Labute approximate surface area is 110 Å². The van der Waals surface area contributed by atoms with Gasteiger partial charge in [0.15, 0.2) is 5.82 Å². The second-order valence-electron chi connectivity index (χ2n) is 4.57. The maximum Gasteiger partial charge on any atom is 0.187 e. The zero-order chi connectivity index (χ0) is 13.1. The Morgan fingerprint density at radius 3 is 2.74 bits per heavy atom. The Bertz CT molecular complexity index is 591. The van der Waals surface area contributed by atoms with Crippen molar-refractivity contribution in [3.8, 4) is 0 Å². The summed E-state index contributed by atoms with van der Waals surface area (Å²) in [7, 11) is 0. The van der Waals surface area contributed by atoms with Crippen LogP contribution in [0.4, 0.5) is 0 Å². The highest BCUT2D eigenvalue weighted by Gasteiger charge is 2.42. The van der Waals surface area contributed by atoms with Crippen molar-refractivity contribution >= 4 is 0 Å². The van der Waals surface area contributed by atoms with Gasteiger partial charge in [0.25, 0.3) is 0 Å². The molecule has 5 nitrogen and oxygen atoms in total. The summed E-state index contributed by atoms with van der Waals surface area (Å²) in [5, 5.41) is 24.1. The third kappa shape index (κ3) is 1.88. The predicted molar refractivity (Wildman–Crippen MR) is 70.4 cm³/mol. The molecule has 1 heterocycles. The van der Waals surface area contributed by atoms with Crippen LogP contribution in [0.5, 0.6) is 0 Å². The largest absolute Gasteiger partial charge is 0.395 e. The molecule has 2 N–H and O–H groups in total. The van der Waals surface area contributed by atoms with Crippen LogP contribution in [0.1, 0.15) is 17.3 Å². The second-order valence-corrected chi connectivity index (χ2v) is 4.57. The Balaban J connectivity index is 2.11. The lowest BCUT2D eigenvalue weighted by atomic mass is 9.69. The van der Waals surface area contributed by atoms with E-state index in [0.29, 0.717) is 5.82 Å². The number of aliphatic hydroxyl groups is 1. The SMILES string of the molecule is OC[C@]1(c2nn[nH]n2)C=CC=C[C@@H]1c1ccccc1. The number of nitrogens with zero attached hydrogens (tertiary/aromatic N) is 3. The maximum absolute atomic E-state index is 9.94. The number of allylic oxidation sites excluding steroid dienone is 3. The quantitative estimate of drug-likeness (QED) is 0.866. The van der Waals surface area contributed by atoms with Gasteiger partial charge in [0.1, 0.15) is 0 Å². The first-order chi connectivity index (χ1) is 9.37. The third-order valence-corrected chi connectivity index (χ3v) is 3.55. The Morgan fingerprint density at radius 2 is 2.05 bits per heavy atom. The number of rotatable bonds is 3. The van der Waals surface area contributed by atoms with Crippen LogP contribution in [0.2, 0.25) is 0 Å². The number of aromatic amines is 1. The van der Waals surface area contributed by atoms with Crippen molar-refractivity contribution < 1.29 is 5.11 Å². The molecule has 0 bridgehead atoms. The van der Waals surface area contributed by atoms with Gasteiger partial charge in [-0.25, -0.2) is 0 Å². The van der Waals surface area contributed by atoms with Gasteiger partial charge in [0, 0.05) is 5.92 Å². The highest BCUT2D eigenvalue weighted by Crippen LogP contribution is 2.41. The van der Waals surface area contributed by atoms with E-state index >= 15 is 0 Å². The minimum absolute atomic E-state index is 0.0127. The lowest BCUT2D eigenvalue weighted by molar-refractivity contribution is 0.205. The normalized spacial score (nSPS) is 25.6. The van der Waals surface area contributed by atoms with Gasteiger partial charge >= 0.3 is 0 Å². The molecule has 0 saturated heterocycles. The zero-order valence-corrected chi connectivity index (χ0v) is 10.3. The summed E-state index contributed by atoms with van der Waals surface area (Å²) >= 11 is 0. The molecule has 0 amide bonds. The first-order valence-corrected chi connectivity index (χ1v) is 6.12. The summed E-state index contributed by atoms with van der Waals surface area (Å²) in [4.78, 5) is 0. The van der Waals surface area contributed by atoms with Gasteiger partial charge < -0.3 is 5.11 Å². The predicted octanol–water partition coefficient (Wildman–Crippen LogP) is 1.34. The average molecular weight is 254 g/mol. The number of hydrogen-bond acceptors (Lipinski definition) is 4. The minimum atomic E-state index is -0.664. The van der Waals surface area contributed by atoms with Gasteiger partial charge in [-0.2, -0.15) is 5.21 Å². The van der Waals surface area contributed by atoms with Crippen LogP contribution in [0, 0.1) is 0 Å². The molecule has 2 aromatic rings. The number of aromatic nitrogens is 4. The molecule has 1 aliphatic rings. The lowest BCUT2D eigenvalue weighted by Gasteiger charge is -2.34. The van der Waals surface area contributed by atoms with Crippen molar-refractivity contribution in [1.29, 1.82) is 0 Å². The molecule has 0 spiro atoms. The number of tetrazole rings is 1. The van der Waals surface area contributed by atoms with E-state index in [0.717, 1.165) is 5.56 Å². The zero-order valence-electron chi connectivity index (χ0n) is 10.3. The molecule has 2 atom stereocenters. The van der Waals surface area contributed by atoms with Crippen LogP contribution in [-0.2, 0) is 5.41 Å². The third-order valence-electron chi connectivity index (χ3n) is 3.55. The van der Waals surface area contributed by atoms with E-state index in [4.69, 9.17) is 0 Å². The molecule has 19 heavy (non-hydrogen) atoms. The van der Waals surface area contributed by atoms with E-state index in [-0.39, 0.29) is 12.5 Å². The fourth-order valence-corrected chi connectivity index (χ4v) is 2.54. The standard InChI is InChI=1S/C14H14N4O/c19-10-14(13-15-17-18-16-13)9-5-4-8-12(14)11-6-2-1-3-7-11/h1-9,12,19H,10H2,(H,15,16,17,18)/t12-,14-/m1/s1. The van der Waals surface area contributed by atoms with E-state index in [1.807, 2.05) is 48.6 Å². The van der Waals surface area contributed by atoms with E-state index < -0.39 is 5.41 Å². The Hall–Kier alpha value is -2.27. The molecular formula is C14H14N4O. The fourth-order valence-electron chi connectivity index (χ4n) is 2.54. The molecule has 0 unspecified atom stereocenters. The lowest BCUT2D eigenvalue weighted by Crippen LogP contribution is -2.37. The van der Waals surface area contributed by atoms with Crippen molar-refractivity contribution in [2.45, 2.75) is 11.3 Å². The number of benzene rings is 1. The van der Waals surface area contributed by atoms with Crippen LogP contribution < -0.4 is 0 Å². The molecule has 0 aliphatic heterocycles. The monoisotopic (exact) mass is 254 g/mol. The van der Waals surface area contributed by atoms with Gasteiger partial charge in [-0.15, -0.1) is 10.2 Å². The number of aliphatic hydroxyl groups excluding tert-OH is 1. The maximum atomic E-state index is 9.94. The molecule has 0 radical (unpaired) electrons. The van der Waals surface area contributed by atoms with E-state index in [2.05, 4.69) is 26.7 Å². The second kappa shape index (κ2) is 4.78. The first kappa shape index (κ1) is 11.8. The molecular weight excluding hydrogens is 240 g/mol. The van der Waals surface area contributed by atoms with E-state index in [1.165, 1.54) is 0 Å². The molecule has 0 saturated carbocycles. The molecule has 96 valence electrons. The summed E-state index contributed by atoms with van der Waals surface area (Å²) in [6.45, 7) is -0.0765. The van der Waals surface area contributed by atoms with Gasteiger partial charge in [0.2, 0.25) is 0 Å². The molecule has 1 aliphatic carbocycles. The van der Waals surface area contributed by atoms with Crippen LogP contribution >= 0.6 is 0 Å². The van der Waals surface area contributed by atoms with Crippen LogP contribution in [0.15, 0.2) is 54.6 Å². The van der Waals surface area contributed by atoms with Crippen molar-refractivity contribution in [2.24, 2.45) is 0 Å². The van der Waals surface area contributed by atoms with Crippen LogP contribution in [0.25, 0.3) is 0 Å². The summed E-state index contributed by atoms with van der Waals surface area (Å²) in [6, 6.07) is 10.0. The summed E-state index contributed by atoms with van der Waals surface area (Å²) in [5.41, 5.74) is 0.449. The average Bonchev–Trinajstić information content (AvgIpc) is 3.03. The molecule has 1 aromatic carbocycles. The highest BCUT2D eigenvalue weighted by molar-refractivity contribution is 5.40. The highest BCUT2D eigenvalue weighted by atomic mass is 16.3. The summed E-state index contributed by atoms with van der Waals surface area (Å²) < 4.78 is 0.